The van der Waals surface area contributed by atoms with Crippen LogP contribution in [-0.4, -0.2) is 17.5 Å². The summed E-state index contributed by atoms with van der Waals surface area (Å²) in [4.78, 5) is 2.73. The van der Waals surface area contributed by atoms with Crippen molar-refractivity contribution in [2.75, 3.05) is 6.54 Å². The Morgan fingerprint density at radius 1 is 0.720 bits per heavy atom. The van der Waals surface area contributed by atoms with Crippen LogP contribution in [-0.2, 0) is 12.0 Å². The highest BCUT2D eigenvalue weighted by molar-refractivity contribution is 5.49. The minimum Gasteiger partial charge on any atom is -0.283 e. The Labute approximate surface area is 149 Å². The topological polar surface area (TPSA) is 3.01 Å². The highest BCUT2D eigenvalue weighted by Gasteiger charge is 2.67. The zero-order chi connectivity index (χ0) is 16.7. The van der Waals surface area contributed by atoms with Crippen LogP contribution in [0.3, 0.4) is 0 Å². The van der Waals surface area contributed by atoms with Gasteiger partial charge in [-0.25, -0.2) is 0 Å². The van der Waals surface area contributed by atoms with Gasteiger partial charge in [0.05, 0.1) is 5.54 Å². The van der Waals surface area contributed by atoms with Gasteiger partial charge < -0.3 is 0 Å². The zero-order valence-corrected chi connectivity index (χ0v) is 14.4. The first-order valence-electron chi connectivity index (χ1n) is 9.31. The van der Waals surface area contributed by atoms with Crippen LogP contribution in [0, 0.1) is 5.92 Å². The number of hydrogen-bond donors (Lipinski definition) is 0. The van der Waals surface area contributed by atoms with Gasteiger partial charge in [0.2, 0.25) is 0 Å². The first kappa shape index (κ1) is 14.9. The van der Waals surface area contributed by atoms with Gasteiger partial charge in [-0.05, 0) is 35.4 Å². The Balaban J connectivity index is 1.43. The van der Waals surface area contributed by atoms with Gasteiger partial charge in [0.15, 0.2) is 0 Å². The number of fused-ring (bicyclic) bond motifs is 1. The van der Waals surface area contributed by atoms with Gasteiger partial charge in [-0.1, -0.05) is 91.0 Å². The molecule has 1 nitrogen and oxygen atoms in total. The van der Waals surface area contributed by atoms with Crippen LogP contribution >= 0.6 is 0 Å². The minimum atomic E-state index is 0.107. The monoisotopic (exact) mass is 325 g/mol. The minimum absolute atomic E-state index is 0.107. The van der Waals surface area contributed by atoms with Crippen molar-refractivity contribution in [3.63, 3.8) is 0 Å². The normalized spacial score (nSPS) is 26.2. The molecular formula is C24H23N. The van der Waals surface area contributed by atoms with Crippen LogP contribution < -0.4 is 0 Å². The second kappa shape index (κ2) is 5.86. The van der Waals surface area contributed by atoms with Crippen LogP contribution in [0.25, 0.3) is 0 Å². The molecule has 0 bridgehead atoms. The molecule has 2 heterocycles. The molecule has 0 N–H and O–H groups in total. The van der Waals surface area contributed by atoms with Crippen molar-refractivity contribution in [2.45, 2.75) is 24.4 Å². The summed E-state index contributed by atoms with van der Waals surface area (Å²) in [5.74, 6) is 0.771. The van der Waals surface area contributed by atoms with Crippen LogP contribution in [0.2, 0.25) is 0 Å². The van der Waals surface area contributed by atoms with E-state index < -0.39 is 0 Å². The summed E-state index contributed by atoms with van der Waals surface area (Å²) >= 11 is 0. The third-order valence-electron chi connectivity index (χ3n) is 6.05. The van der Waals surface area contributed by atoms with E-state index in [-0.39, 0.29) is 5.54 Å². The van der Waals surface area contributed by atoms with E-state index in [1.54, 1.807) is 0 Å². The molecule has 0 aliphatic carbocycles. The predicted molar refractivity (Wildman–Crippen MR) is 102 cm³/mol. The molecule has 2 aliphatic heterocycles. The molecule has 124 valence electrons. The standard InChI is InChI=1S/C24H23N/c1-4-10-19(11-5-1)16-20-17-23-24(25(23)18-20,21-12-6-2-7-13-21)22-14-8-3-9-15-22/h1-15,20,23H,16-18H2. The van der Waals surface area contributed by atoms with Crippen molar-refractivity contribution in [1.29, 1.82) is 0 Å². The lowest BCUT2D eigenvalue weighted by Crippen LogP contribution is -2.26. The van der Waals surface area contributed by atoms with E-state index in [2.05, 4.69) is 95.9 Å². The smallest absolute Gasteiger partial charge is 0.0877 e. The van der Waals surface area contributed by atoms with Gasteiger partial charge in [0, 0.05) is 12.6 Å². The lowest BCUT2D eigenvalue weighted by Gasteiger charge is -2.25. The van der Waals surface area contributed by atoms with E-state index in [4.69, 9.17) is 0 Å². The Bertz CT molecular complexity index is 788. The van der Waals surface area contributed by atoms with Gasteiger partial charge in [-0.15, -0.1) is 0 Å². The van der Waals surface area contributed by atoms with E-state index >= 15 is 0 Å². The third kappa shape index (κ3) is 2.34. The largest absolute Gasteiger partial charge is 0.283 e. The molecule has 0 amide bonds. The van der Waals surface area contributed by atoms with Gasteiger partial charge in [0.1, 0.15) is 0 Å². The lowest BCUT2D eigenvalue weighted by molar-refractivity contribution is 0.392. The van der Waals surface area contributed by atoms with Crippen LogP contribution in [0.1, 0.15) is 23.1 Å². The average molecular weight is 325 g/mol. The van der Waals surface area contributed by atoms with Crippen LogP contribution in [0.5, 0.6) is 0 Å². The summed E-state index contributed by atoms with van der Waals surface area (Å²) < 4.78 is 0. The van der Waals surface area contributed by atoms with E-state index in [0.29, 0.717) is 6.04 Å². The molecule has 2 saturated heterocycles. The summed E-state index contributed by atoms with van der Waals surface area (Å²) in [5.41, 5.74) is 4.48. The second-order valence-electron chi connectivity index (χ2n) is 7.46. The maximum absolute atomic E-state index is 2.73. The summed E-state index contributed by atoms with van der Waals surface area (Å²) in [5, 5.41) is 0. The molecule has 1 heteroatoms. The van der Waals surface area contributed by atoms with Gasteiger partial charge in [0.25, 0.3) is 0 Å². The Hall–Kier alpha value is -2.38. The first-order chi connectivity index (χ1) is 12.4. The molecule has 0 aromatic heterocycles. The Morgan fingerprint density at radius 3 is 1.72 bits per heavy atom. The van der Waals surface area contributed by atoms with E-state index in [9.17, 15) is 0 Å². The lowest BCUT2D eigenvalue weighted by atomic mass is 9.82. The number of hydrogen-bond acceptors (Lipinski definition) is 1. The van der Waals surface area contributed by atoms with Crippen molar-refractivity contribution in [2.24, 2.45) is 5.92 Å². The van der Waals surface area contributed by atoms with Crippen molar-refractivity contribution in [3.05, 3.63) is 108 Å². The van der Waals surface area contributed by atoms with Crippen molar-refractivity contribution < 1.29 is 0 Å². The number of rotatable bonds is 4. The fourth-order valence-electron chi connectivity index (χ4n) is 5.01. The predicted octanol–water partition coefficient (Wildman–Crippen LogP) is 4.88. The van der Waals surface area contributed by atoms with E-state index in [0.717, 1.165) is 5.92 Å². The van der Waals surface area contributed by atoms with E-state index in [1.807, 2.05) is 0 Å². The fourth-order valence-corrected chi connectivity index (χ4v) is 5.01. The van der Waals surface area contributed by atoms with Gasteiger partial charge in [-0.2, -0.15) is 0 Å². The van der Waals surface area contributed by atoms with Gasteiger partial charge in [-0.3, -0.25) is 4.90 Å². The average Bonchev–Trinajstić information content (AvgIpc) is 3.09. The number of piperidine rings is 1. The summed E-state index contributed by atoms with van der Waals surface area (Å²) in [6.07, 6.45) is 2.49. The molecule has 25 heavy (non-hydrogen) atoms. The molecule has 3 atom stereocenters. The molecule has 3 aromatic carbocycles. The van der Waals surface area contributed by atoms with Crippen LogP contribution in [0.4, 0.5) is 0 Å². The summed E-state index contributed by atoms with van der Waals surface area (Å²) in [7, 11) is 0. The fraction of sp³-hybridized carbons (Fsp3) is 0.250. The molecule has 3 unspecified atom stereocenters. The molecule has 2 fully saturated rings. The Kier molecular flexibility index (Phi) is 3.50. The first-order valence-corrected chi connectivity index (χ1v) is 9.31. The van der Waals surface area contributed by atoms with E-state index in [1.165, 1.54) is 36.1 Å². The van der Waals surface area contributed by atoms with Crippen molar-refractivity contribution >= 4 is 0 Å². The second-order valence-corrected chi connectivity index (χ2v) is 7.46. The third-order valence-corrected chi connectivity index (χ3v) is 6.05. The molecule has 2 aliphatic rings. The van der Waals surface area contributed by atoms with Gasteiger partial charge >= 0.3 is 0 Å². The molecule has 0 spiro atoms. The highest BCUT2D eigenvalue weighted by atomic mass is 15.4. The molecule has 5 rings (SSSR count). The molecule has 0 radical (unpaired) electrons. The summed E-state index contributed by atoms with van der Waals surface area (Å²) in [6, 6.07) is 33.8. The maximum Gasteiger partial charge on any atom is 0.0877 e. The quantitative estimate of drug-likeness (QED) is 0.618. The SMILES string of the molecule is c1ccc(CC2CC3N(C2)C3(c2ccccc2)c2ccccc2)cc1. The highest BCUT2D eigenvalue weighted by Crippen LogP contribution is 2.60. The van der Waals surface area contributed by atoms with Crippen LogP contribution in [0.15, 0.2) is 91.0 Å². The number of nitrogens with zero attached hydrogens (tertiary/aromatic N) is 1. The zero-order valence-electron chi connectivity index (χ0n) is 14.4. The van der Waals surface area contributed by atoms with Crippen molar-refractivity contribution in [1.82, 2.24) is 4.90 Å². The molecule has 3 aromatic rings. The van der Waals surface area contributed by atoms with Crippen molar-refractivity contribution in [3.8, 4) is 0 Å². The maximum atomic E-state index is 2.73. The molecule has 0 saturated carbocycles. The number of benzene rings is 3. The Morgan fingerprint density at radius 2 is 1.24 bits per heavy atom. The molecular weight excluding hydrogens is 302 g/mol. The summed E-state index contributed by atoms with van der Waals surface area (Å²) in [6.45, 7) is 1.20.